The zero-order chi connectivity index (χ0) is 17.4. The molecule has 7 heteroatoms. The van der Waals surface area contributed by atoms with E-state index in [-0.39, 0.29) is 32.1 Å². The van der Waals surface area contributed by atoms with Crippen molar-refractivity contribution in [2.24, 2.45) is 0 Å². The van der Waals surface area contributed by atoms with E-state index in [1.54, 1.807) is 7.05 Å². The lowest BCUT2D eigenvalue weighted by molar-refractivity contribution is -0.128. The molecular formula is C17H26N2O5. The van der Waals surface area contributed by atoms with E-state index >= 15 is 0 Å². The summed E-state index contributed by atoms with van der Waals surface area (Å²) in [4.78, 5) is 13.7. The Morgan fingerprint density at radius 2 is 2.33 bits per heavy atom. The Bertz CT molecular complexity index is 539. The van der Waals surface area contributed by atoms with Crippen molar-refractivity contribution in [3.63, 3.8) is 0 Å². The van der Waals surface area contributed by atoms with Gasteiger partial charge in [-0.3, -0.25) is 9.69 Å². The Labute approximate surface area is 142 Å². The molecule has 1 heterocycles. The van der Waals surface area contributed by atoms with Crippen LogP contribution in [0.2, 0.25) is 0 Å². The number of benzene rings is 1. The van der Waals surface area contributed by atoms with E-state index in [0.717, 1.165) is 5.56 Å². The molecule has 7 nitrogen and oxygen atoms in total. The van der Waals surface area contributed by atoms with Gasteiger partial charge in [0.25, 0.3) is 0 Å². The van der Waals surface area contributed by atoms with Crippen LogP contribution in [0.25, 0.3) is 0 Å². The van der Waals surface area contributed by atoms with E-state index in [9.17, 15) is 9.90 Å². The van der Waals surface area contributed by atoms with E-state index in [0.29, 0.717) is 32.0 Å². The lowest BCUT2D eigenvalue weighted by Gasteiger charge is -2.30. The number of aliphatic hydroxyl groups is 2. The molecule has 1 unspecified atom stereocenters. The average molecular weight is 338 g/mol. The van der Waals surface area contributed by atoms with Crippen LogP contribution in [-0.4, -0.2) is 73.2 Å². The highest BCUT2D eigenvalue weighted by atomic mass is 16.5. The molecule has 1 aromatic carbocycles. The monoisotopic (exact) mass is 338 g/mol. The molecule has 134 valence electrons. The number of hydrogen-bond donors (Lipinski definition) is 3. The van der Waals surface area contributed by atoms with Crippen LogP contribution in [0.15, 0.2) is 24.3 Å². The summed E-state index contributed by atoms with van der Waals surface area (Å²) in [7, 11) is 1.55. The molecule has 3 N–H and O–H groups in total. The third-order valence-corrected chi connectivity index (χ3v) is 3.87. The van der Waals surface area contributed by atoms with Crippen molar-refractivity contribution in [1.82, 2.24) is 10.2 Å². The summed E-state index contributed by atoms with van der Waals surface area (Å²) >= 11 is 0. The zero-order valence-electron chi connectivity index (χ0n) is 14.0. The van der Waals surface area contributed by atoms with Crippen LogP contribution < -0.4 is 10.1 Å². The summed E-state index contributed by atoms with van der Waals surface area (Å²) in [6.45, 7) is 2.55. The van der Waals surface area contributed by atoms with Gasteiger partial charge in [0.15, 0.2) is 0 Å². The van der Waals surface area contributed by atoms with Gasteiger partial charge in [0.2, 0.25) is 5.91 Å². The zero-order valence-corrected chi connectivity index (χ0v) is 14.0. The maximum atomic E-state index is 11.6. The van der Waals surface area contributed by atoms with Crippen LogP contribution in [0.5, 0.6) is 5.75 Å². The fraction of sp³-hybridized carbons (Fsp3) is 0.588. The van der Waals surface area contributed by atoms with Crippen molar-refractivity contribution in [2.45, 2.75) is 18.6 Å². The average Bonchev–Trinajstić information content (AvgIpc) is 2.74. The third-order valence-electron chi connectivity index (χ3n) is 3.87. The molecule has 1 atom stereocenters. The molecule has 0 aliphatic carbocycles. The predicted octanol–water partition coefficient (Wildman–Crippen LogP) is -0.243. The minimum atomic E-state index is -1.19. The molecule has 0 spiro atoms. The number of amides is 1. The second kappa shape index (κ2) is 8.98. The maximum absolute atomic E-state index is 11.6. The highest BCUT2D eigenvalue weighted by Gasteiger charge is 2.34. The van der Waals surface area contributed by atoms with Crippen molar-refractivity contribution >= 4 is 5.91 Å². The first-order valence-corrected chi connectivity index (χ1v) is 8.10. The first-order chi connectivity index (χ1) is 11.5. The summed E-state index contributed by atoms with van der Waals surface area (Å²) in [5, 5.41) is 22.1. The number of carbonyl (C=O) groups excluding carboxylic acids is 1. The molecule has 1 saturated heterocycles. The van der Waals surface area contributed by atoms with Crippen molar-refractivity contribution in [2.75, 3.05) is 46.6 Å². The Morgan fingerprint density at radius 3 is 3.08 bits per heavy atom. The number of β-amino-alcohol motifs (C(OH)–C–C–N with tert-alkyl or cyclic N) is 1. The molecule has 1 aliphatic rings. The normalized spacial score (nSPS) is 22.0. The molecular weight excluding hydrogens is 312 g/mol. The Kier molecular flexibility index (Phi) is 6.99. The van der Waals surface area contributed by atoms with Crippen LogP contribution in [0.1, 0.15) is 12.0 Å². The van der Waals surface area contributed by atoms with E-state index < -0.39 is 5.60 Å². The number of aliphatic hydroxyl groups excluding tert-OH is 1. The van der Waals surface area contributed by atoms with E-state index in [1.807, 2.05) is 24.3 Å². The van der Waals surface area contributed by atoms with Gasteiger partial charge in [-0.05, 0) is 17.7 Å². The van der Waals surface area contributed by atoms with Gasteiger partial charge >= 0.3 is 0 Å². The van der Waals surface area contributed by atoms with Gasteiger partial charge in [0.1, 0.15) is 18.0 Å². The van der Waals surface area contributed by atoms with Crippen molar-refractivity contribution < 1.29 is 24.5 Å². The predicted molar refractivity (Wildman–Crippen MR) is 88.8 cm³/mol. The molecule has 1 amide bonds. The van der Waals surface area contributed by atoms with Crippen molar-refractivity contribution in [3.8, 4) is 5.75 Å². The number of ether oxygens (including phenoxy) is 2. The van der Waals surface area contributed by atoms with Gasteiger partial charge in [-0.15, -0.1) is 0 Å². The Hall–Kier alpha value is -1.67. The maximum Gasteiger partial charge on any atom is 0.222 e. The smallest absolute Gasteiger partial charge is 0.222 e. The summed E-state index contributed by atoms with van der Waals surface area (Å²) in [5.41, 5.74) is -0.156. The molecule has 0 saturated carbocycles. The van der Waals surface area contributed by atoms with Gasteiger partial charge in [-0.1, -0.05) is 12.1 Å². The molecule has 2 rings (SSSR count). The van der Waals surface area contributed by atoms with Crippen molar-refractivity contribution in [1.29, 1.82) is 0 Å². The minimum absolute atomic E-state index is 0.0135. The second-order valence-corrected chi connectivity index (χ2v) is 6.06. The first-order valence-electron chi connectivity index (χ1n) is 8.10. The number of carbonyl (C=O) groups is 1. The molecule has 0 radical (unpaired) electrons. The highest BCUT2D eigenvalue weighted by molar-refractivity contribution is 5.76. The lowest BCUT2D eigenvalue weighted by atomic mass is 9.99. The van der Waals surface area contributed by atoms with Gasteiger partial charge in [-0.2, -0.15) is 0 Å². The summed E-state index contributed by atoms with van der Waals surface area (Å²) in [6, 6.07) is 7.63. The van der Waals surface area contributed by atoms with Crippen LogP contribution >= 0.6 is 0 Å². The van der Waals surface area contributed by atoms with Crippen molar-refractivity contribution in [3.05, 3.63) is 29.8 Å². The Balaban J connectivity index is 2.01. The second-order valence-electron chi connectivity index (χ2n) is 6.06. The standard InChI is InChI=1S/C17H26N2O5/c1-18-16(21)10-17(22)12-19(5-7-23-13-17)11-14-3-2-4-15(9-14)24-8-6-20/h2-4,9,20,22H,5-8,10-13H2,1H3,(H,18,21). The van der Waals surface area contributed by atoms with Crippen LogP contribution in [0.3, 0.4) is 0 Å². The van der Waals surface area contributed by atoms with E-state index in [4.69, 9.17) is 14.6 Å². The molecule has 0 bridgehead atoms. The van der Waals surface area contributed by atoms with Gasteiger partial charge in [0, 0.05) is 26.7 Å². The van der Waals surface area contributed by atoms with Crippen LogP contribution in [0, 0.1) is 0 Å². The molecule has 0 aromatic heterocycles. The van der Waals surface area contributed by atoms with Gasteiger partial charge in [-0.25, -0.2) is 0 Å². The number of rotatable bonds is 7. The number of nitrogens with zero attached hydrogens (tertiary/aromatic N) is 1. The lowest BCUT2D eigenvalue weighted by Crippen LogP contribution is -2.47. The molecule has 1 aliphatic heterocycles. The van der Waals surface area contributed by atoms with Crippen LogP contribution in [0.4, 0.5) is 0 Å². The largest absolute Gasteiger partial charge is 0.491 e. The SMILES string of the molecule is CNC(=O)CC1(O)COCCN(Cc2cccc(OCCO)c2)C1. The van der Waals surface area contributed by atoms with E-state index in [1.165, 1.54) is 0 Å². The number of hydrogen-bond acceptors (Lipinski definition) is 6. The topological polar surface area (TPSA) is 91.3 Å². The van der Waals surface area contributed by atoms with Gasteiger partial charge in [0.05, 0.1) is 26.2 Å². The summed E-state index contributed by atoms with van der Waals surface area (Å²) in [5.74, 6) is 0.496. The first kappa shape index (κ1) is 18.7. The minimum Gasteiger partial charge on any atom is -0.491 e. The third kappa shape index (κ3) is 5.76. The molecule has 24 heavy (non-hydrogen) atoms. The summed E-state index contributed by atoms with van der Waals surface area (Å²) < 4.78 is 10.9. The van der Waals surface area contributed by atoms with Crippen LogP contribution in [-0.2, 0) is 16.1 Å². The summed E-state index contributed by atoms with van der Waals surface area (Å²) in [6.07, 6.45) is 0.0135. The fourth-order valence-electron chi connectivity index (χ4n) is 2.78. The highest BCUT2D eigenvalue weighted by Crippen LogP contribution is 2.20. The molecule has 1 fully saturated rings. The van der Waals surface area contributed by atoms with E-state index in [2.05, 4.69) is 10.2 Å². The quantitative estimate of drug-likeness (QED) is 0.635. The fourth-order valence-corrected chi connectivity index (χ4v) is 2.78. The van der Waals surface area contributed by atoms with Gasteiger partial charge < -0.3 is 25.0 Å². The number of nitrogens with one attached hydrogen (secondary N) is 1. The molecule has 1 aromatic rings. The Morgan fingerprint density at radius 1 is 1.50 bits per heavy atom.